The van der Waals surface area contributed by atoms with Crippen LogP contribution >= 0.6 is 0 Å². The van der Waals surface area contributed by atoms with Gasteiger partial charge < -0.3 is 10.0 Å². The van der Waals surface area contributed by atoms with Gasteiger partial charge in [0.05, 0.1) is 24.2 Å². The molecule has 1 N–H and O–H groups in total. The fraction of sp³-hybridized carbons (Fsp3) is 0.158. The van der Waals surface area contributed by atoms with Crippen molar-refractivity contribution in [3.05, 3.63) is 64.5 Å². The number of anilines is 1. The number of hydrogen-bond acceptors (Lipinski definition) is 4. The zero-order chi connectivity index (χ0) is 19.3. The van der Waals surface area contributed by atoms with Crippen LogP contribution in [0.1, 0.15) is 27.2 Å². The zero-order valence-corrected chi connectivity index (χ0v) is 14.2. The van der Waals surface area contributed by atoms with E-state index in [9.17, 15) is 18.4 Å². The van der Waals surface area contributed by atoms with E-state index in [0.29, 0.717) is 22.3 Å². The number of halogens is 2. The number of aromatic carboxylic acids is 1. The van der Waals surface area contributed by atoms with E-state index in [0.717, 1.165) is 17.8 Å². The Morgan fingerprint density at radius 1 is 1.26 bits per heavy atom. The Morgan fingerprint density at radius 3 is 2.63 bits per heavy atom. The number of nitrogens with zero attached hydrogens (tertiary/aromatic N) is 3. The minimum atomic E-state index is -1.43. The van der Waals surface area contributed by atoms with Gasteiger partial charge in [0, 0.05) is 28.4 Å². The van der Waals surface area contributed by atoms with E-state index in [4.69, 9.17) is 5.11 Å². The van der Waals surface area contributed by atoms with Crippen molar-refractivity contribution in [3.63, 3.8) is 0 Å². The molecule has 0 aliphatic carbocycles. The maximum absolute atomic E-state index is 14.3. The van der Waals surface area contributed by atoms with Gasteiger partial charge in [0.15, 0.2) is 5.65 Å². The summed E-state index contributed by atoms with van der Waals surface area (Å²) in [5, 5.41) is 9.53. The fourth-order valence-electron chi connectivity index (χ4n) is 3.23. The van der Waals surface area contributed by atoms with Crippen LogP contribution < -0.4 is 4.90 Å². The molecular weight excluding hydrogens is 356 g/mol. The number of hydrogen-bond donors (Lipinski definition) is 1. The number of carbonyl (C=O) groups excluding carboxylic acids is 1. The summed E-state index contributed by atoms with van der Waals surface area (Å²) in [6.45, 7) is 1.46. The molecule has 0 saturated heterocycles. The molecule has 1 aromatic carbocycles. The summed E-state index contributed by atoms with van der Waals surface area (Å²) in [6, 6.07) is 5.04. The molecule has 3 heterocycles. The monoisotopic (exact) mass is 369 g/mol. The van der Waals surface area contributed by atoms with E-state index in [-0.39, 0.29) is 24.4 Å². The second-order valence-corrected chi connectivity index (χ2v) is 6.34. The van der Waals surface area contributed by atoms with Gasteiger partial charge in [0.2, 0.25) is 5.91 Å². The average Bonchev–Trinajstić information content (AvgIpc) is 2.93. The number of aromatic nitrogens is 2. The van der Waals surface area contributed by atoms with Gasteiger partial charge in [-0.2, -0.15) is 0 Å². The van der Waals surface area contributed by atoms with Gasteiger partial charge in [0.1, 0.15) is 11.6 Å². The molecule has 4 rings (SSSR count). The Hall–Kier alpha value is -3.42. The Bertz CT molecular complexity index is 1110. The molecule has 6 nitrogen and oxygen atoms in total. The van der Waals surface area contributed by atoms with Crippen LogP contribution in [0.2, 0.25) is 0 Å². The number of carboxylic acid groups (broad SMARTS) is 1. The van der Waals surface area contributed by atoms with Crippen LogP contribution in [0, 0.1) is 18.6 Å². The quantitative estimate of drug-likeness (QED) is 0.767. The van der Waals surface area contributed by atoms with Crippen molar-refractivity contribution in [2.24, 2.45) is 0 Å². The number of amides is 1. The second-order valence-electron chi connectivity index (χ2n) is 6.34. The number of benzene rings is 1. The summed E-state index contributed by atoms with van der Waals surface area (Å²) in [5.74, 6) is -3.77. The second kappa shape index (κ2) is 6.08. The number of pyridine rings is 2. The Balaban J connectivity index is 1.81. The highest BCUT2D eigenvalue weighted by molar-refractivity contribution is 6.09. The van der Waals surface area contributed by atoms with Crippen molar-refractivity contribution in [2.45, 2.75) is 19.9 Å². The molecule has 0 radical (unpaired) electrons. The molecule has 1 amide bonds. The van der Waals surface area contributed by atoms with E-state index in [2.05, 4.69) is 9.97 Å². The Morgan fingerprint density at radius 2 is 1.96 bits per heavy atom. The smallest absolute Gasteiger partial charge is 0.335 e. The number of aryl methyl sites for hydroxylation is 1. The molecule has 8 heteroatoms. The fourth-order valence-corrected chi connectivity index (χ4v) is 3.23. The molecule has 0 bridgehead atoms. The van der Waals surface area contributed by atoms with Crippen molar-refractivity contribution in [2.75, 3.05) is 4.90 Å². The van der Waals surface area contributed by atoms with Gasteiger partial charge in [-0.3, -0.25) is 4.79 Å². The summed E-state index contributed by atoms with van der Waals surface area (Å²) in [4.78, 5) is 33.3. The van der Waals surface area contributed by atoms with Gasteiger partial charge in [-0.05, 0) is 31.2 Å². The van der Waals surface area contributed by atoms with Gasteiger partial charge in [-0.25, -0.2) is 23.5 Å². The lowest BCUT2D eigenvalue weighted by Crippen LogP contribution is -2.27. The van der Waals surface area contributed by atoms with Crippen LogP contribution in [0.25, 0.3) is 11.0 Å². The van der Waals surface area contributed by atoms with Gasteiger partial charge in [0.25, 0.3) is 0 Å². The Kier molecular flexibility index (Phi) is 3.83. The van der Waals surface area contributed by atoms with Crippen LogP contribution in [0.3, 0.4) is 0 Å². The normalized spacial score (nSPS) is 13.3. The largest absolute Gasteiger partial charge is 0.478 e. The average molecular weight is 369 g/mol. The molecule has 1 aliphatic heterocycles. The van der Waals surface area contributed by atoms with E-state index < -0.39 is 23.2 Å². The molecule has 2 aromatic heterocycles. The summed E-state index contributed by atoms with van der Waals surface area (Å²) >= 11 is 0. The standard InChI is InChI=1S/C19H13F2N3O3/c1-9-2-3-12-17-11(7-22-18(12)23-9)6-16(25)24(17)8-13-14(20)4-10(19(26)27)5-15(13)21/h2-5,7H,6,8H2,1H3,(H,26,27). The SMILES string of the molecule is Cc1ccc2c3c(cnc2n1)CC(=O)N3Cc1c(F)cc(C(=O)O)cc1F. The molecular formula is C19H13F2N3O3. The topological polar surface area (TPSA) is 83.4 Å². The van der Waals surface area contributed by atoms with Crippen molar-refractivity contribution < 1.29 is 23.5 Å². The van der Waals surface area contributed by atoms with Crippen LogP contribution in [0.4, 0.5) is 14.5 Å². The number of rotatable bonds is 3. The van der Waals surface area contributed by atoms with Crippen molar-refractivity contribution in [3.8, 4) is 0 Å². The number of fused-ring (bicyclic) bond motifs is 3. The first-order valence-electron chi connectivity index (χ1n) is 8.12. The first kappa shape index (κ1) is 17.0. The maximum Gasteiger partial charge on any atom is 0.335 e. The molecule has 0 saturated carbocycles. The summed E-state index contributed by atoms with van der Waals surface area (Å²) in [6.07, 6.45) is 1.62. The van der Waals surface area contributed by atoms with Gasteiger partial charge in [-0.15, -0.1) is 0 Å². The first-order chi connectivity index (χ1) is 12.8. The van der Waals surface area contributed by atoms with E-state index in [1.54, 1.807) is 18.3 Å². The van der Waals surface area contributed by atoms with Crippen LogP contribution in [-0.2, 0) is 17.8 Å². The third-order valence-electron chi connectivity index (χ3n) is 4.53. The zero-order valence-electron chi connectivity index (χ0n) is 14.2. The van der Waals surface area contributed by atoms with Crippen molar-refractivity contribution >= 4 is 28.6 Å². The first-order valence-corrected chi connectivity index (χ1v) is 8.12. The number of carboxylic acids is 1. The highest BCUT2D eigenvalue weighted by Crippen LogP contribution is 2.36. The molecule has 136 valence electrons. The predicted molar refractivity (Wildman–Crippen MR) is 92.5 cm³/mol. The van der Waals surface area contributed by atoms with Gasteiger partial charge in [-0.1, -0.05) is 0 Å². The van der Waals surface area contributed by atoms with Crippen molar-refractivity contribution in [1.29, 1.82) is 0 Å². The van der Waals surface area contributed by atoms with Crippen LogP contribution in [0.15, 0.2) is 30.5 Å². The van der Waals surface area contributed by atoms with E-state index in [1.807, 2.05) is 6.92 Å². The lowest BCUT2D eigenvalue weighted by molar-refractivity contribution is -0.117. The highest BCUT2D eigenvalue weighted by Gasteiger charge is 2.31. The summed E-state index contributed by atoms with van der Waals surface area (Å²) in [5.41, 5.74) is 1.52. The van der Waals surface area contributed by atoms with Crippen LogP contribution in [-0.4, -0.2) is 27.0 Å². The lowest BCUT2D eigenvalue weighted by atomic mass is 10.1. The lowest BCUT2D eigenvalue weighted by Gasteiger charge is -2.20. The molecule has 0 atom stereocenters. The van der Waals surface area contributed by atoms with E-state index in [1.165, 1.54) is 4.90 Å². The predicted octanol–water partition coefficient (Wildman–Crippen LogP) is 3.00. The maximum atomic E-state index is 14.3. The molecule has 3 aromatic rings. The van der Waals surface area contributed by atoms with E-state index >= 15 is 0 Å². The number of carbonyl (C=O) groups is 2. The van der Waals surface area contributed by atoms with Gasteiger partial charge >= 0.3 is 5.97 Å². The molecule has 0 spiro atoms. The third-order valence-corrected chi connectivity index (χ3v) is 4.53. The molecule has 27 heavy (non-hydrogen) atoms. The third kappa shape index (κ3) is 2.79. The Labute approximate surface area is 152 Å². The van der Waals surface area contributed by atoms with Crippen LogP contribution in [0.5, 0.6) is 0 Å². The van der Waals surface area contributed by atoms with Crippen molar-refractivity contribution in [1.82, 2.24) is 9.97 Å². The molecule has 1 aliphatic rings. The summed E-state index contributed by atoms with van der Waals surface area (Å²) < 4.78 is 28.7. The summed E-state index contributed by atoms with van der Waals surface area (Å²) in [7, 11) is 0. The minimum absolute atomic E-state index is 0.0720. The minimum Gasteiger partial charge on any atom is -0.478 e. The molecule has 0 unspecified atom stereocenters. The highest BCUT2D eigenvalue weighted by atomic mass is 19.1. The molecule has 0 fully saturated rings.